The third-order valence-electron chi connectivity index (χ3n) is 4.44. The van der Waals surface area contributed by atoms with Gasteiger partial charge in [0.1, 0.15) is 0 Å². The number of hydrogen-bond donors (Lipinski definition) is 0. The van der Waals surface area contributed by atoms with Crippen LogP contribution in [0.4, 0.5) is 5.69 Å². The fourth-order valence-corrected chi connectivity index (χ4v) is 3.18. The van der Waals surface area contributed by atoms with Crippen LogP contribution in [0.15, 0.2) is 54.6 Å². The van der Waals surface area contributed by atoms with E-state index < -0.39 is 0 Å². The molecule has 0 atom stereocenters. The summed E-state index contributed by atoms with van der Waals surface area (Å²) in [6.45, 7) is 6.33. The SMILES string of the molecule is CCN(CC)c1ccc2nc3c(ccc4ccccc43)nc2c1. The molecule has 0 aliphatic rings. The van der Waals surface area contributed by atoms with Crippen molar-refractivity contribution in [2.45, 2.75) is 13.8 Å². The van der Waals surface area contributed by atoms with E-state index in [0.717, 1.165) is 40.5 Å². The largest absolute Gasteiger partial charge is 0.372 e. The van der Waals surface area contributed by atoms with Crippen LogP contribution in [0, 0.1) is 0 Å². The van der Waals surface area contributed by atoms with Crippen LogP contribution in [0.1, 0.15) is 13.8 Å². The van der Waals surface area contributed by atoms with Crippen LogP contribution in [0.3, 0.4) is 0 Å². The minimum Gasteiger partial charge on any atom is -0.372 e. The molecule has 0 fully saturated rings. The molecule has 3 aromatic carbocycles. The lowest BCUT2D eigenvalue weighted by atomic mass is 10.1. The summed E-state index contributed by atoms with van der Waals surface area (Å²) < 4.78 is 0. The Balaban J connectivity index is 1.98. The van der Waals surface area contributed by atoms with Crippen LogP contribution in [0.5, 0.6) is 0 Å². The number of hydrogen-bond acceptors (Lipinski definition) is 3. The molecule has 0 spiro atoms. The second kappa shape index (κ2) is 5.51. The van der Waals surface area contributed by atoms with Crippen LogP contribution in [0.25, 0.3) is 32.8 Å². The van der Waals surface area contributed by atoms with E-state index in [2.05, 4.69) is 73.3 Å². The maximum Gasteiger partial charge on any atom is 0.0972 e. The Bertz CT molecular complexity index is 1000. The van der Waals surface area contributed by atoms with E-state index in [1.54, 1.807) is 0 Å². The second-order valence-electron chi connectivity index (χ2n) is 5.72. The van der Waals surface area contributed by atoms with Gasteiger partial charge in [0, 0.05) is 24.2 Å². The van der Waals surface area contributed by atoms with Gasteiger partial charge in [-0.25, -0.2) is 9.97 Å². The predicted molar refractivity (Wildman–Crippen MR) is 98.1 cm³/mol. The van der Waals surface area contributed by atoms with Gasteiger partial charge in [-0.05, 0) is 43.5 Å². The van der Waals surface area contributed by atoms with Gasteiger partial charge in [-0.3, -0.25) is 0 Å². The van der Waals surface area contributed by atoms with Crippen molar-refractivity contribution in [1.82, 2.24) is 9.97 Å². The highest BCUT2D eigenvalue weighted by Crippen LogP contribution is 2.26. The van der Waals surface area contributed by atoms with E-state index in [9.17, 15) is 0 Å². The number of rotatable bonds is 3. The zero-order valence-electron chi connectivity index (χ0n) is 13.5. The van der Waals surface area contributed by atoms with Gasteiger partial charge in [-0.15, -0.1) is 0 Å². The van der Waals surface area contributed by atoms with Gasteiger partial charge in [0.15, 0.2) is 0 Å². The molecule has 0 aliphatic carbocycles. The minimum atomic E-state index is 0.949. The Hall–Kier alpha value is -2.68. The molecule has 0 radical (unpaired) electrons. The summed E-state index contributed by atoms with van der Waals surface area (Å²) in [5.74, 6) is 0. The van der Waals surface area contributed by atoms with Crippen molar-refractivity contribution in [3.05, 3.63) is 54.6 Å². The maximum atomic E-state index is 4.88. The first kappa shape index (κ1) is 13.9. The molecule has 0 bridgehead atoms. The zero-order valence-corrected chi connectivity index (χ0v) is 13.5. The second-order valence-corrected chi connectivity index (χ2v) is 5.72. The summed E-state index contributed by atoms with van der Waals surface area (Å²) >= 11 is 0. The summed E-state index contributed by atoms with van der Waals surface area (Å²) in [6.07, 6.45) is 0. The average molecular weight is 301 g/mol. The van der Waals surface area contributed by atoms with E-state index in [-0.39, 0.29) is 0 Å². The van der Waals surface area contributed by atoms with E-state index >= 15 is 0 Å². The fourth-order valence-electron chi connectivity index (χ4n) is 3.18. The number of anilines is 1. The molecule has 4 aromatic rings. The summed E-state index contributed by atoms with van der Waals surface area (Å²) in [7, 11) is 0. The Morgan fingerprint density at radius 1 is 0.783 bits per heavy atom. The topological polar surface area (TPSA) is 29.0 Å². The van der Waals surface area contributed by atoms with Crippen molar-refractivity contribution < 1.29 is 0 Å². The highest BCUT2D eigenvalue weighted by atomic mass is 15.1. The van der Waals surface area contributed by atoms with E-state index in [1.165, 1.54) is 11.1 Å². The molecule has 114 valence electrons. The third kappa shape index (κ3) is 2.29. The molecule has 3 nitrogen and oxygen atoms in total. The van der Waals surface area contributed by atoms with Crippen molar-refractivity contribution in [3.8, 4) is 0 Å². The van der Waals surface area contributed by atoms with Gasteiger partial charge in [0.25, 0.3) is 0 Å². The average Bonchev–Trinajstić information content (AvgIpc) is 2.61. The highest BCUT2D eigenvalue weighted by molar-refractivity contribution is 6.05. The molecule has 4 rings (SSSR count). The first-order valence-electron chi connectivity index (χ1n) is 8.14. The fraction of sp³-hybridized carbons (Fsp3) is 0.200. The molecule has 0 saturated carbocycles. The van der Waals surface area contributed by atoms with Crippen LogP contribution < -0.4 is 4.90 Å². The monoisotopic (exact) mass is 301 g/mol. The Kier molecular flexibility index (Phi) is 3.34. The van der Waals surface area contributed by atoms with Crippen molar-refractivity contribution in [3.63, 3.8) is 0 Å². The van der Waals surface area contributed by atoms with Gasteiger partial charge < -0.3 is 4.90 Å². The summed E-state index contributed by atoms with van der Waals surface area (Å²) in [5, 5.41) is 2.36. The van der Waals surface area contributed by atoms with Crippen LogP contribution in [-0.2, 0) is 0 Å². The predicted octanol–water partition coefficient (Wildman–Crippen LogP) is 4.78. The molecule has 0 N–H and O–H groups in total. The molecule has 23 heavy (non-hydrogen) atoms. The van der Waals surface area contributed by atoms with E-state index in [1.807, 2.05) is 0 Å². The van der Waals surface area contributed by atoms with Crippen molar-refractivity contribution in [2.75, 3.05) is 18.0 Å². The highest BCUT2D eigenvalue weighted by Gasteiger charge is 2.08. The van der Waals surface area contributed by atoms with E-state index in [0.29, 0.717) is 0 Å². The Morgan fingerprint density at radius 3 is 2.39 bits per heavy atom. The molecule has 1 heterocycles. The third-order valence-corrected chi connectivity index (χ3v) is 4.44. The quantitative estimate of drug-likeness (QED) is 0.403. The summed E-state index contributed by atoms with van der Waals surface area (Å²) in [5.41, 5.74) is 5.04. The number of fused-ring (bicyclic) bond motifs is 4. The van der Waals surface area contributed by atoms with Gasteiger partial charge in [0.2, 0.25) is 0 Å². The lowest BCUT2D eigenvalue weighted by Crippen LogP contribution is -2.21. The van der Waals surface area contributed by atoms with Crippen LogP contribution in [-0.4, -0.2) is 23.1 Å². The van der Waals surface area contributed by atoms with Crippen molar-refractivity contribution >= 4 is 38.5 Å². The molecule has 0 aliphatic heterocycles. The summed E-state index contributed by atoms with van der Waals surface area (Å²) in [6, 6.07) is 18.9. The standard InChI is InChI=1S/C20H19N3/c1-3-23(4-2)15-10-12-17-19(13-15)21-18-11-9-14-7-5-6-8-16(14)20(18)22-17/h5-13H,3-4H2,1-2H3. The van der Waals surface area contributed by atoms with Gasteiger partial charge >= 0.3 is 0 Å². The lowest BCUT2D eigenvalue weighted by molar-refractivity contribution is 0.867. The molecule has 1 aromatic heterocycles. The Labute approximate surface area is 135 Å². The van der Waals surface area contributed by atoms with Gasteiger partial charge in [-0.1, -0.05) is 30.3 Å². The molecule has 0 unspecified atom stereocenters. The van der Waals surface area contributed by atoms with E-state index in [4.69, 9.17) is 9.97 Å². The van der Waals surface area contributed by atoms with Crippen molar-refractivity contribution in [1.29, 1.82) is 0 Å². The van der Waals surface area contributed by atoms with Crippen molar-refractivity contribution in [2.24, 2.45) is 0 Å². The first-order chi connectivity index (χ1) is 11.3. The number of benzene rings is 3. The Morgan fingerprint density at radius 2 is 1.57 bits per heavy atom. The normalized spacial score (nSPS) is 11.4. The molecule has 0 amide bonds. The molecular weight excluding hydrogens is 282 g/mol. The van der Waals surface area contributed by atoms with Gasteiger partial charge in [0.05, 0.1) is 22.1 Å². The number of aromatic nitrogens is 2. The summed E-state index contributed by atoms with van der Waals surface area (Å²) in [4.78, 5) is 12.1. The van der Waals surface area contributed by atoms with Crippen LogP contribution in [0.2, 0.25) is 0 Å². The number of nitrogens with zero attached hydrogens (tertiary/aromatic N) is 3. The molecule has 0 saturated heterocycles. The zero-order chi connectivity index (χ0) is 15.8. The molecule has 3 heteroatoms. The molecular formula is C20H19N3. The maximum absolute atomic E-state index is 4.88. The first-order valence-corrected chi connectivity index (χ1v) is 8.14. The lowest BCUT2D eigenvalue weighted by Gasteiger charge is -2.21. The minimum absolute atomic E-state index is 0.949. The van der Waals surface area contributed by atoms with Gasteiger partial charge in [-0.2, -0.15) is 0 Å². The van der Waals surface area contributed by atoms with Crippen LogP contribution >= 0.6 is 0 Å². The smallest absolute Gasteiger partial charge is 0.0972 e.